The molecule has 2 aliphatic rings. The molecule has 0 aliphatic heterocycles. The van der Waals surface area contributed by atoms with E-state index in [1.54, 1.807) is 13.8 Å². The van der Waals surface area contributed by atoms with Crippen LogP contribution in [0.3, 0.4) is 0 Å². The SMILES string of the molecule is CC1CC(F)C2C(F)C(C)CCC2C1F. The summed E-state index contributed by atoms with van der Waals surface area (Å²) in [6, 6.07) is 0. The van der Waals surface area contributed by atoms with Crippen LogP contribution in [0.15, 0.2) is 0 Å². The van der Waals surface area contributed by atoms with E-state index in [4.69, 9.17) is 0 Å². The molecule has 0 aromatic carbocycles. The fourth-order valence-electron chi connectivity index (χ4n) is 3.33. The van der Waals surface area contributed by atoms with Crippen LogP contribution >= 0.6 is 0 Å². The van der Waals surface area contributed by atoms with Crippen LogP contribution < -0.4 is 0 Å². The van der Waals surface area contributed by atoms with Crippen molar-refractivity contribution in [2.75, 3.05) is 0 Å². The minimum absolute atomic E-state index is 0.106. The monoisotopic (exact) mass is 220 g/mol. The Labute approximate surface area is 89.2 Å². The van der Waals surface area contributed by atoms with Gasteiger partial charge < -0.3 is 0 Å². The van der Waals surface area contributed by atoms with E-state index in [-0.39, 0.29) is 24.2 Å². The van der Waals surface area contributed by atoms with Crippen molar-refractivity contribution in [2.24, 2.45) is 23.7 Å². The largest absolute Gasteiger partial charge is 0.247 e. The van der Waals surface area contributed by atoms with Gasteiger partial charge in [-0.05, 0) is 37.0 Å². The summed E-state index contributed by atoms with van der Waals surface area (Å²) >= 11 is 0. The van der Waals surface area contributed by atoms with Crippen molar-refractivity contribution in [3.05, 3.63) is 0 Å². The molecule has 15 heavy (non-hydrogen) atoms. The fraction of sp³-hybridized carbons (Fsp3) is 1.00. The van der Waals surface area contributed by atoms with E-state index >= 15 is 0 Å². The predicted molar refractivity (Wildman–Crippen MR) is 53.8 cm³/mol. The van der Waals surface area contributed by atoms with E-state index in [0.717, 1.165) is 0 Å². The molecular weight excluding hydrogens is 201 g/mol. The second-order valence-corrected chi connectivity index (χ2v) is 5.41. The second-order valence-electron chi connectivity index (χ2n) is 5.41. The zero-order chi connectivity index (χ0) is 11.2. The van der Waals surface area contributed by atoms with Gasteiger partial charge in [0.05, 0.1) is 0 Å². The first-order valence-corrected chi connectivity index (χ1v) is 5.94. The summed E-state index contributed by atoms with van der Waals surface area (Å²) < 4.78 is 41.5. The maximum atomic E-state index is 13.9. The lowest BCUT2D eigenvalue weighted by Gasteiger charge is -2.46. The Bertz CT molecular complexity index is 231. The normalized spacial score (nSPS) is 56.2. The van der Waals surface area contributed by atoms with Gasteiger partial charge in [0, 0.05) is 5.92 Å². The molecule has 2 aliphatic carbocycles. The number of halogens is 3. The molecule has 7 unspecified atom stereocenters. The van der Waals surface area contributed by atoms with E-state index in [1.165, 1.54) is 0 Å². The number of alkyl halides is 3. The Morgan fingerprint density at radius 2 is 1.53 bits per heavy atom. The average Bonchev–Trinajstić information content (AvgIpc) is 2.18. The third kappa shape index (κ3) is 1.78. The molecule has 88 valence electrons. The average molecular weight is 220 g/mol. The first kappa shape index (κ1) is 11.3. The molecule has 0 radical (unpaired) electrons. The summed E-state index contributed by atoms with van der Waals surface area (Å²) in [7, 11) is 0. The van der Waals surface area contributed by atoms with Crippen molar-refractivity contribution in [2.45, 2.75) is 51.6 Å². The summed E-state index contributed by atoms with van der Waals surface area (Å²) in [5.74, 6) is -1.41. The van der Waals surface area contributed by atoms with Crippen LogP contribution in [0.5, 0.6) is 0 Å². The molecule has 0 heterocycles. The molecule has 0 bridgehead atoms. The van der Waals surface area contributed by atoms with Gasteiger partial charge in [-0.25, -0.2) is 13.2 Å². The Balaban J connectivity index is 2.18. The molecule has 2 saturated carbocycles. The molecule has 3 heteroatoms. The standard InChI is InChI=1S/C12H19F3/c1-6-3-4-8-10(12(6)15)9(13)5-7(2)11(8)14/h6-12H,3-5H2,1-2H3. The second kappa shape index (κ2) is 3.99. The lowest BCUT2D eigenvalue weighted by atomic mass is 9.63. The molecule has 7 atom stereocenters. The van der Waals surface area contributed by atoms with Crippen LogP contribution in [0.1, 0.15) is 33.1 Å². The van der Waals surface area contributed by atoms with Crippen molar-refractivity contribution in [1.29, 1.82) is 0 Å². The summed E-state index contributed by atoms with van der Waals surface area (Å²) in [4.78, 5) is 0. The van der Waals surface area contributed by atoms with Crippen molar-refractivity contribution >= 4 is 0 Å². The van der Waals surface area contributed by atoms with Gasteiger partial charge in [-0.15, -0.1) is 0 Å². The zero-order valence-electron chi connectivity index (χ0n) is 9.30. The van der Waals surface area contributed by atoms with Gasteiger partial charge in [-0.1, -0.05) is 13.8 Å². The van der Waals surface area contributed by atoms with E-state index in [1.807, 2.05) is 0 Å². The van der Waals surface area contributed by atoms with Crippen molar-refractivity contribution in [3.63, 3.8) is 0 Å². The number of rotatable bonds is 0. The van der Waals surface area contributed by atoms with Gasteiger partial charge in [-0.2, -0.15) is 0 Å². The molecular formula is C12H19F3. The maximum Gasteiger partial charge on any atom is 0.109 e. The van der Waals surface area contributed by atoms with Gasteiger partial charge >= 0.3 is 0 Å². The minimum atomic E-state index is -1.15. The van der Waals surface area contributed by atoms with Crippen molar-refractivity contribution in [1.82, 2.24) is 0 Å². The van der Waals surface area contributed by atoms with Gasteiger partial charge in [0.25, 0.3) is 0 Å². The summed E-state index contributed by atoms with van der Waals surface area (Å²) in [6.07, 6.45) is -1.76. The van der Waals surface area contributed by atoms with E-state index < -0.39 is 24.4 Å². The predicted octanol–water partition coefficient (Wildman–Crippen LogP) is 3.70. The van der Waals surface area contributed by atoms with Crippen LogP contribution in [0.4, 0.5) is 13.2 Å². The van der Waals surface area contributed by atoms with Gasteiger partial charge in [-0.3, -0.25) is 0 Å². The van der Waals surface area contributed by atoms with Crippen LogP contribution in [0.2, 0.25) is 0 Å². The topological polar surface area (TPSA) is 0 Å². The van der Waals surface area contributed by atoms with E-state index in [0.29, 0.717) is 12.8 Å². The Hall–Kier alpha value is -0.210. The number of hydrogen-bond donors (Lipinski definition) is 0. The molecule has 0 N–H and O–H groups in total. The third-order valence-electron chi connectivity index (χ3n) is 4.33. The fourth-order valence-corrected chi connectivity index (χ4v) is 3.33. The molecule has 0 nitrogen and oxygen atoms in total. The molecule has 2 fully saturated rings. The Morgan fingerprint density at radius 1 is 0.867 bits per heavy atom. The minimum Gasteiger partial charge on any atom is -0.247 e. The van der Waals surface area contributed by atoms with Crippen LogP contribution in [0, 0.1) is 23.7 Å². The molecule has 2 rings (SSSR count). The highest BCUT2D eigenvalue weighted by atomic mass is 19.2. The third-order valence-corrected chi connectivity index (χ3v) is 4.33. The Kier molecular flexibility index (Phi) is 3.00. The summed E-state index contributed by atoms with van der Waals surface area (Å²) in [5.41, 5.74) is 0. The van der Waals surface area contributed by atoms with Gasteiger partial charge in [0.1, 0.15) is 18.5 Å². The lowest BCUT2D eigenvalue weighted by molar-refractivity contribution is -0.0767. The van der Waals surface area contributed by atoms with Crippen molar-refractivity contribution in [3.8, 4) is 0 Å². The van der Waals surface area contributed by atoms with Crippen LogP contribution in [-0.4, -0.2) is 18.5 Å². The zero-order valence-corrected chi connectivity index (χ0v) is 9.30. The first-order chi connectivity index (χ1) is 7.02. The van der Waals surface area contributed by atoms with E-state index in [9.17, 15) is 13.2 Å². The highest BCUT2D eigenvalue weighted by Gasteiger charge is 2.50. The van der Waals surface area contributed by atoms with Crippen LogP contribution in [0.25, 0.3) is 0 Å². The highest BCUT2D eigenvalue weighted by molar-refractivity contribution is 4.98. The molecule has 0 spiro atoms. The van der Waals surface area contributed by atoms with Gasteiger partial charge in [0.15, 0.2) is 0 Å². The lowest BCUT2D eigenvalue weighted by Crippen LogP contribution is -2.50. The quantitative estimate of drug-likeness (QED) is 0.584. The number of fused-ring (bicyclic) bond motifs is 1. The smallest absolute Gasteiger partial charge is 0.109 e. The molecule has 0 aromatic heterocycles. The van der Waals surface area contributed by atoms with E-state index in [2.05, 4.69) is 0 Å². The highest BCUT2D eigenvalue weighted by Crippen LogP contribution is 2.48. The molecule has 0 amide bonds. The molecule has 0 saturated heterocycles. The molecule has 0 aromatic rings. The summed E-state index contributed by atoms with van der Waals surface area (Å²) in [6.45, 7) is 3.54. The summed E-state index contributed by atoms with van der Waals surface area (Å²) in [5, 5.41) is 0. The maximum absolute atomic E-state index is 13.9. The van der Waals surface area contributed by atoms with Crippen molar-refractivity contribution < 1.29 is 13.2 Å². The van der Waals surface area contributed by atoms with Crippen LogP contribution in [-0.2, 0) is 0 Å². The first-order valence-electron chi connectivity index (χ1n) is 5.94. The Morgan fingerprint density at radius 3 is 2.20 bits per heavy atom. The van der Waals surface area contributed by atoms with Gasteiger partial charge in [0.2, 0.25) is 0 Å². The number of hydrogen-bond acceptors (Lipinski definition) is 0.